The summed E-state index contributed by atoms with van der Waals surface area (Å²) in [5.74, 6) is 2.42. The number of phenolic OH excluding ortho intramolecular Hbond substituents is 1. The maximum atomic E-state index is 10.7. The molecule has 0 amide bonds. The van der Waals surface area contributed by atoms with Gasteiger partial charge in [0.2, 0.25) is 5.75 Å². The normalized spacial score (nSPS) is 15.6. The highest BCUT2D eigenvalue weighted by molar-refractivity contribution is 5.54. The molecule has 0 spiro atoms. The van der Waals surface area contributed by atoms with Crippen LogP contribution in [0.5, 0.6) is 28.7 Å². The minimum absolute atomic E-state index is 0.0732. The molecule has 1 aliphatic rings. The molecule has 33 heavy (non-hydrogen) atoms. The van der Waals surface area contributed by atoms with Crippen LogP contribution in [0.4, 0.5) is 0 Å². The number of ether oxygens (including phenoxy) is 4. The Balaban J connectivity index is 1.64. The molecule has 0 aromatic heterocycles. The number of rotatable bonds is 8. The number of fused-ring (bicyclic) bond motifs is 1. The first kappa shape index (κ1) is 22.8. The average molecular weight is 450 g/mol. The molecule has 1 atom stereocenters. The van der Waals surface area contributed by atoms with Crippen molar-refractivity contribution in [3.63, 3.8) is 0 Å². The lowest BCUT2D eigenvalue weighted by molar-refractivity contribution is 0.227. The van der Waals surface area contributed by atoms with Crippen molar-refractivity contribution in [2.24, 2.45) is 0 Å². The Morgan fingerprint density at radius 3 is 2.30 bits per heavy atom. The lowest BCUT2D eigenvalue weighted by atomic mass is 9.88. The van der Waals surface area contributed by atoms with Gasteiger partial charge < -0.3 is 24.1 Å². The number of hydrogen-bond donors (Lipinski definition) is 1. The zero-order valence-corrected chi connectivity index (χ0v) is 19.6. The lowest BCUT2D eigenvalue weighted by Gasteiger charge is -2.35. The molecule has 3 aromatic carbocycles. The van der Waals surface area contributed by atoms with E-state index in [-0.39, 0.29) is 11.8 Å². The summed E-state index contributed by atoms with van der Waals surface area (Å²) >= 11 is 0. The van der Waals surface area contributed by atoms with E-state index in [9.17, 15) is 5.11 Å². The van der Waals surface area contributed by atoms with Gasteiger partial charge in [0.1, 0.15) is 6.61 Å². The van der Waals surface area contributed by atoms with Crippen LogP contribution in [0, 0.1) is 0 Å². The third-order valence-corrected chi connectivity index (χ3v) is 6.24. The predicted molar refractivity (Wildman–Crippen MR) is 128 cm³/mol. The summed E-state index contributed by atoms with van der Waals surface area (Å²) in [5, 5.41) is 10.7. The van der Waals surface area contributed by atoms with Crippen LogP contribution < -0.4 is 18.9 Å². The third-order valence-electron chi connectivity index (χ3n) is 6.24. The molecule has 3 aromatic rings. The van der Waals surface area contributed by atoms with Crippen molar-refractivity contribution in [2.75, 3.05) is 34.9 Å². The van der Waals surface area contributed by atoms with E-state index in [1.165, 1.54) is 18.2 Å². The number of methoxy groups -OCH3 is 3. The van der Waals surface area contributed by atoms with Crippen LogP contribution in [0.3, 0.4) is 0 Å². The van der Waals surface area contributed by atoms with E-state index in [0.717, 1.165) is 35.6 Å². The molecular weight excluding hydrogens is 418 g/mol. The Morgan fingerprint density at radius 2 is 1.61 bits per heavy atom. The lowest BCUT2D eigenvalue weighted by Crippen LogP contribution is -2.33. The largest absolute Gasteiger partial charge is 0.504 e. The zero-order valence-electron chi connectivity index (χ0n) is 19.6. The Bertz CT molecular complexity index is 1100. The van der Waals surface area contributed by atoms with Crippen LogP contribution in [0.1, 0.15) is 28.3 Å². The molecule has 0 saturated heterocycles. The van der Waals surface area contributed by atoms with Crippen LogP contribution in [-0.2, 0) is 19.4 Å². The summed E-state index contributed by atoms with van der Waals surface area (Å²) in [4.78, 5) is 2.33. The fourth-order valence-electron chi connectivity index (χ4n) is 4.45. The smallest absolute Gasteiger partial charge is 0.203 e. The molecule has 1 heterocycles. The molecule has 0 radical (unpaired) electrons. The van der Waals surface area contributed by atoms with E-state index >= 15 is 0 Å². The summed E-state index contributed by atoms with van der Waals surface area (Å²) in [6.07, 6.45) is 1.65. The fraction of sp³-hybridized carbons (Fsp3) is 0.333. The molecule has 0 bridgehead atoms. The van der Waals surface area contributed by atoms with Crippen molar-refractivity contribution >= 4 is 0 Å². The predicted octanol–water partition coefficient (Wildman–Crippen LogP) is 4.77. The highest BCUT2D eigenvalue weighted by atomic mass is 16.5. The highest BCUT2D eigenvalue weighted by Crippen LogP contribution is 2.42. The SMILES string of the molecule is COc1cc2c(cc1OC)[C@@H](Cc1cc(O)c(OC)c(OCc3ccccc3)c1)N(C)CC2. The van der Waals surface area contributed by atoms with Crippen LogP contribution in [0.15, 0.2) is 54.6 Å². The van der Waals surface area contributed by atoms with Gasteiger partial charge in [0, 0.05) is 12.6 Å². The second-order valence-corrected chi connectivity index (χ2v) is 8.28. The van der Waals surface area contributed by atoms with E-state index in [2.05, 4.69) is 24.1 Å². The molecule has 4 rings (SSSR count). The quantitative estimate of drug-likeness (QED) is 0.535. The number of benzene rings is 3. The van der Waals surface area contributed by atoms with Crippen LogP contribution in [0.2, 0.25) is 0 Å². The molecule has 0 fully saturated rings. The van der Waals surface area contributed by atoms with Gasteiger partial charge in [-0.05, 0) is 66.4 Å². The summed E-state index contributed by atoms with van der Waals surface area (Å²) < 4.78 is 22.5. The number of likely N-dealkylation sites (N-methyl/N-ethyl adjacent to an activating group) is 1. The maximum absolute atomic E-state index is 10.7. The van der Waals surface area contributed by atoms with Crippen molar-refractivity contribution < 1.29 is 24.1 Å². The highest BCUT2D eigenvalue weighted by Gasteiger charge is 2.28. The van der Waals surface area contributed by atoms with Gasteiger partial charge in [-0.3, -0.25) is 4.90 Å². The van der Waals surface area contributed by atoms with Crippen LogP contribution in [-0.4, -0.2) is 44.9 Å². The number of aromatic hydroxyl groups is 1. The van der Waals surface area contributed by atoms with E-state index in [1.54, 1.807) is 20.3 Å². The maximum Gasteiger partial charge on any atom is 0.203 e. The van der Waals surface area contributed by atoms with Crippen molar-refractivity contribution in [1.29, 1.82) is 0 Å². The Labute approximate surface area is 195 Å². The molecule has 6 nitrogen and oxygen atoms in total. The molecule has 0 aliphatic carbocycles. The van der Waals surface area contributed by atoms with Gasteiger partial charge in [-0.2, -0.15) is 0 Å². The van der Waals surface area contributed by atoms with Crippen molar-refractivity contribution in [3.8, 4) is 28.7 Å². The number of hydrogen-bond acceptors (Lipinski definition) is 6. The number of phenols is 1. The minimum Gasteiger partial charge on any atom is -0.504 e. The van der Waals surface area contributed by atoms with Crippen molar-refractivity contribution in [3.05, 3.63) is 76.9 Å². The van der Waals surface area contributed by atoms with Gasteiger partial charge in [0.05, 0.1) is 21.3 Å². The zero-order chi connectivity index (χ0) is 23.4. The molecule has 174 valence electrons. The van der Waals surface area contributed by atoms with Gasteiger partial charge in [-0.1, -0.05) is 30.3 Å². The third kappa shape index (κ3) is 4.86. The molecule has 1 aliphatic heterocycles. The van der Waals surface area contributed by atoms with Gasteiger partial charge >= 0.3 is 0 Å². The van der Waals surface area contributed by atoms with Gasteiger partial charge in [0.25, 0.3) is 0 Å². The topological polar surface area (TPSA) is 60.4 Å². The van der Waals surface area contributed by atoms with E-state index in [4.69, 9.17) is 18.9 Å². The Morgan fingerprint density at radius 1 is 0.879 bits per heavy atom. The molecule has 0 unspecified atom stereocenters. The summed E-state index contributed by atoms with van der Waals surface area (Å²) in [7, 11) is 6.98. The van der Waals surface area contributed by atoms with E-state index < -0.39 is 0 Å². The van der Waals surface area contributed by atoms with Gasteiger partial charge in [-0.25, -0.2) is 0 Å². The summed E-state index contributed by atoms with van der Waals surface area (Å²) in [6, 6.07) is 17.9. The van der Waals surface area contributed by atoms with Crippen LogP contribution >= 0.6 is 0 Å². The van der Waals surface area contributed by atoms with Gasteiger partial charge in [-0.15, -0.1) is 0 Å². The second-order valence-electron chi connectivity index (χ2n) is 8.28. The van der Waals surface area contributed by atoms with Gasteiger partial charge in [0.15, 0.2) is 23.0 Å². The van der Waals surface area contributed by atoms with Crippen molar-refractivity contribution in [1.82, 2.24) is 4.90 Å². The van der Waals surface area contributed by atoms with E-state index in [0.29, 0.717) is 24.5 Å². The molecule has 6 heteroatoms. The summed E-state index contributed by atoms with van der Waals surface area (Å²) in [5.41, 5.74) is 4.49. The van der Waals surface area contributed by atoms with Crippen LogP contribution in [0.25, 0.3) is 0 Å². The molecule has 0 saturated carbocycles. The van der Waals surface area contributed by atoms with E-state index in [1.807, 2.05) is 36.4 Å². The number of nitrogens with zero attached hydrogens (tertiary/aromatic N) is 1. The monoisotopic (exact) mass is 449 g/mol. The Kier molecular flexibility index (Phi) is 6.94. The Hall–Kier alpha value is -3.38. The summed E-state index contributed by atoms with van der Waals surface area (Å²) in [6.45, 7) is 1.33. The first-order valence-electron chi connectivity index (χ1n) is 11.1. The fourth-order valence-corrected chi connectivity index (χ4v) is 4.45. The molecular formula is C27H31NO5. The molecule has 1 N–H and O–H groups in total. The average Bonchev–Trinajstić information content (AvgIpc) is 2.84. The first-order chi connectivity index (χ1) is 16.0. The second kappa shape index (κ2) is 10.0. The first-order valence-corrected chi connectivity index (χ1v) is 11.1. The van der Waals surface area contributed by atoms with Crippen molar-refractivity contribution in [2.45, 2.75) is 25.5 Å². The standard InChI is InChI=1S/C27H31NO5/c1-28-11-10-20-15-24(30-2)25(31-3)16-21(20)22(28)12-19-13-23(29)27(32-4)26(14-19)33-17-18-8-6-5-7-9-18/h5-9,13-16,22,29H,10-12,17H2,1-4H3/t22-/m1/s1. The minimum atomic E-state index is 0.0732.